The third-order valence-electron chi connectivity index (χ3n) is 2.98. The predicted octanol–water partition coefficient (Wildman–Crippen LogP) is 2.06. The molecule has 0 aliphatic rings. The Kier molecular flexibility index (Phi) is 7.64. The highest BCUT2D eigenvalue weighted by molar-refractivity contribution is 5.85. The molecule has 1 amide bonds. The molecule has 0 bridgehead atoms. The lowest BCUT2D eigenvalue weighted by Crippen LogP contribution is -2.44. The van der Waals surface area contributed by atoms with Gasteiger partial charge in [0.2, 0.25) is 5.91 Å². The summed E-state index contributed by atoms with van der Waals surface area (Å²) in [5.41, 5.74) is 8.29. The Morgan fingerprint density at radius 3 is 2.50 bits per heavy atom. The van der Waals surface area contributed by atoms with Gasteiger partial charge in [-0.1, -0.05) is 38.1 Å². The van der Waals surface area contributed by atoms with Crippen LogP contribution in [0.15, 0.2) is 24.3 Å². The molecule has 3 nitrogen and oxygen atoms in total. The standard InChI is InChI=1S/C14H22N2O.ClH/c1-10(2)13(15)14(17)16-9-8-12-7-5-4-6-11(12)3;/h4-7,10,13H,8-9,15H2,1-3H3,(H,16,17);1H. The number of rotatable bonds is 5. The fraction of sp³-hybridized carbons (Fsp3) is 0.500. The van der Waals surface area contributed by atoms with Gasteiger partial charge >= 0.3 is 0 Å². The Balaban J connectivity index is 0.00000289. The zero-order valence-electron chi connectivity index (χ0n) is 11.3. The minimum Gasteiger partial charge on any atom is -0.354 e. The van der Waals surface area contributed by atoms with Gasteiger partial charge in [-0.3, -0.25) is 4.79 Å². The molecule has 0 spiro atoms. The fourth-order valence-electron chi connectivity index (χ4n) is 1.63. The molecule has 0 aliphatic heterocycles. The van der Waals surface area contributed by atoms with Gasteiger partial charge in [-0.2, -0.15) is 0 Å². The summed E-state index contributed by atoms with van der Waals surface area (Å²) in [4.78, 5) is 11.6. The average Bonchev–Trinajstić information content (AvgIpc) is 2.30. The van der Waals surface area contributed by atoms with Crippen LogP contribution < -0.4 is 11.1 Å². The Morgan fingerprint density at radius 2 is 1.94 bits per heavy atom. The summed E-state index contributed by atoms with van der Waals surface area (Å²) in [6.07, 6.45) is 0.850. The Hall–Kier alpha value is -1.06. The Labute approximate surface area is 116 Å². The van der Waals surface area contributed by atoms with Gasteiger partial charge in [0, 0.05) is 6.54 Å². The molecule has 0 saturated heterocycles. The van der Waals surface area contributed by atoms with Gasteiger partial charge in [0.25, 0.3) is 0 Å². The number of benzene rings is 1. The zero-order chi connectivity index (χ0) is 12.8. The van der Waals surface area contributed by atoms with Crippen LogP contribution in [0.1, 0.15) is 25.0 Å². The van der Waals surface area contributed by atoms with Crippen molar-refractivity contribution in [2.75, 3.05) is 6.54 Å². The number of halogens is 1. The first kappa shape index (κ1) is 16.9. The van der Waals surface area contributed by atoms with Gasteiger partial charge in [-0.15, -0.1) is 12.4 Å². The summed E-state index contributed by atoms with van der Waals surface area (Å²) in [7, 11) is 0. The molecule has 0 heterocycles. The van der Waals surface area contributed by atoms with Gasteiger partial charge in [0.15, 0.2) is 0 Å². The predicted molar refractivity (Wildman–Crippen MR) is 78.0 cm³/mol. The van der Waals surface area contributed by atoms with Gasteiger partial charge in [-0.25, -0.2) is 0 Å². The van der Waals surface area contributed by atoms with Gasteiger partial charge in [-0.05, 0) is 30.4 Å². The first-order valence-corrected chi connectivity index (χ1v) is 6.10. The second-order valence-electron chi connectivity index (χ2n) is 4.74. The van der Waals surface area contributed by atoms with E-state index in [-0.39, 0.29) is 24.2 Å². The first-order chi connectivity index (χ1) is 8.02. The van der Waals surface area contributed by atoms with Crippen molar-refractivity contribution in [1.82, 2.24) is 5.32 Å². The number of amides is 1. The van der Waals surface area contributed by atoms with E-state index < -0.39 is 6.04 Å². The second-order valence-corrected chi connectivity index (χ2v) is 4.74. The Bertz CT molecular complexity index is 380. The van der Waals surface area contributed by atoms with E-state index in [0.717, 1.165) is 6.42 Å². The lowest BCUT2D eigenvalue weighted by atomic mass is 10.0. The molecule has 0 fully saturated rings. The van der Waals surface area contributed by atoms with Crippen molar-refractivity contribution in [3.63, 3.8) is 0 Å². The topological polar surface area (TPSA) is 55.1 Å². The summed E-state index contributed by atoms with van der Waals surface area (Å²) >= 11 is 0. The monoisotopic (exact) mass is 270 g/mol. The van der Waals surface area contributed by atoms with Crippen molar-refractivity contribution < 1.29 is 4.79 Å². The largest absolute Gasteiger partial charge is 0.354 e. The van der Waals surface area contributed by atoms with Crippen molar-refractivity contribution in [2.24, 2.45) is 11.7 Å². The second kappa shape index (κ2) is 8.11. The Morgan fingerprint density at radius 1 is 1.33 bits per heavy atom. The lowest BCUT2D eigenvalue weighted by molar-refractivity contribution is -0.123. The van der Waals surface area contributed by atoms with Crippen LogP contribution in [0.5, 0.6) is 0 Å². The molecule has 1 rings (SSSR count). The van der Waals surface area contributed by atoms with Crippen LogP contribution in [0.4, 0.5) is 0 Å². The van der Waals surface area contributed by atoms with Crippen LogP contribution in [0.3, 0.4) is 0 Å². The molecule has 0 aromatic heterocycles. The van der Waals surface area contributed by atoms with E-state index in [1.807, 2.05) is 26.0 Å². The highest BCUT2D eigenvalue weighted by Gasteiger charge is 2.16. The van der Waals surface area contributed by atoms with Crippen LogP contribution >= 0.6 is 12.4 Å². The number of hydrogen-bond donors (Lipinski definition) is 2. The third-order valence-corrected chi connectivity index (χ3v) is 2.98. The molecule has 18 heavy (non-hydrogen) atoms. The van der Waals surface area contributed by atoms with Crippen LogP contribution in [-0.4, -0.2) is 18.5 Å². The van der Waals surface area contributed by atoms with Crippen molar-refractivity contribution in [1.29, 1.82) is 0 Å². The lowest BCUT2D eigenvalue weighted by Gasteiger charge is -2.15. The molecule has 4 heteroatoms. The number of aryl methyl sites for hydroxylation is 1. The molecule has 1 atom stereocenters. The fourth-order valence-corrected chi connectivity index (χ4v) is 1.63. The van der Waals surface area contributed by atoms with E-state index >= 15 is 0 Å². The molecule has 1 unspecified atom stereocenters. The number of nitrogens with one attached hydrogen (secondary N) is 1. The molecular formula is C14H23ClN2O. The van der Waals surface area contributed by atoms with E-state index in [4.69, 9.17) is 5.73 Å². The summed E-state index contributed by atoms with van der Waals surface area (Å²) in [5, 5.41) is 2.88. The van der Waals surface area contributed by atoms with E-state index in [0.29, 0.717) is 6.54 Å². The van der Waals surface area contributed by atoms with E-state index in [9.17, 15) is 4.79 Å². The third kappa shape index (κ3) is 5.07. The highest BCUT2D eigenvalue weighted by Crippen LogP contribution is 2.07. The maximum atomic E-state index is 11.6. The van der Waals surface area contributed by atoms with Crippen LogP contribution in [0, 0.1) is 12.8 Å². The molecule has 3 N–H and O–H groups in total. The molecule has 0 saturated carbocycles. The normalized spacial score (nSPS) is 11.8. The number of nitrogens with two attached hydrogens (primary N) is 1. The minimum atomic E-state index is -0.410. The maximum absolute atomic E-state index is 11.6. The summed E-state index contributed by atoms with van der Waals surface area (Å²) in [6, 6.07) is 7.80. The first-order valence-electron chi connectivity index (χ1n) is 6.10. The SMILES string of the molecule is Cc1ccccc1CCNC(=O)C(N)C(C)C.Cl. The van der Waals surface area contributed by atoms with Gasteiger partial charge in [0.1, 0.15) is 0 Å². The molecule has 1 aromatic carbocycles. The molecule has 0 radical (unpaired) electrons. The number of carbonyl (C=O) groups excluding carboxylic acids is 1. The minimum absolute atomic E-state index is 0. The van der Waals surface area contributed by atoms with E-state index in [2.05, 4.69) is 24.4 Å². The van der Waals surface area contributed by atoms with Crippen molar-refractivity contribution in [2.45, 2.75) is 33.2 Å². The van der Waals surface area contributed by atoms with Crippen LogP contribution in [0.2, 0.25) is 0 Å². The van der Waals surface area contributed by atoms with Gasteiger partial charge in [0.05, 0.1) is 6.04 Å². The van der Waals surface area contributed by atoms with E-state index in [1.165, 1.54) is 11.1 Å². The summed E-state index contributed by atoms with van der Waals surface area (Å²) < 4.78 is 0. The number of carbonyl (C=O) groups is 1. The van der Waals surface area contributed by atoms with Gasteiger partial charge < -0.3 is 11.1 Å². The summed E-state index contributed by atoms with van der Waals surface area (Å²) in [6.45, 7) is 6.62. The smallest absolute Gasteiger partial charge is 0.237 e. The molecular weight excluding hydrogens is 248 g/mol. The quantitative estimate of drug-likeness (QED) is 0.861. The molecule has 1 aromatic rings. The van der Waals surface area contributed by atoms with Crippen molar-refractivity contribution in [3.05, 3.63) is 35.4 Å². The van der Waals surface area contributed by atoms with Crippen molar-refractivity contribution in [3.8, 4) is 0 Å². The maximum Gasteiger partial charge on any atom is 0.237 e. The van der Waals surface area contributed by atoms with Crippen LogP contribution in [-0.2, 0) is 11.2 Å². The number of hydrogen-bond acceptors (Lipinski definition) is 2. The molecule has 0 aliphatic carbocycles. The zero-order valence-corrected chi connectivity index (χ0v) is 12.1. The average molecular weight is 271 g/mol. The molecule has 102 valence electrons. The highest BCUT2D eigenvalue weighted by atomic mass is 35.5. The van der Waals surface area contributed by atoms with Crippen LogP contribution in [0.25, 0.3) is 0 Å². The van der Waals surface area contributed by atoms with E-state index in [1.54, 1.807) is 0 Å². The van der Waals surface area contributed by atoms with Crippen molar-refractivity contribution >= 4 is 18.3 Å². The summed E-state index contributed by atoms with van der Waals surface area (Å²) in [5.74, 6) is 0.113.